The molecule has 0 radical (unpaired) electrons. The van der Waals surface area contributed by atoms with Gasteiger partial charge in [-0.3, -0.25) is 0 Å². The fourth-order valence-electron chi connectivity index (χ4n) is 2.17. The molecule has 1 fully saturated rings. The van der Waals surface area contributed by atoms with Gasteiger partial charge in [-0.1, -0.05) is 12.5 Å². The van der Waals surface area contributed by atoms with Crippen molar-refractivity contribution in [1.82, 2.24) is 5.32 Å². The van der Waals surface area contributed by atoms with Crippen LogP contribution in [0.3, 0.4) is 0 Å². The highest BCUT2D eigenvalue weighted by Gasteiger charge is 2.23. The Morgan fingerprint density at radius 3 is 2.75 bits per heavy atom. The average Bonchev–Trinajstić information content (AvgIpc) is 2.29. The van der Waals surface area contributed by atoms with E-state index in [1.54, 1.807) is 0 Å². The maximum Gasteiger partial charge on any atom is 0.130 e. The number of hydrogen-bond donors (Lipinski definition) is 2. The first-order valence-electron chi connectivity index (χ1n) is 5.62. The Bertz CT molecular complexity index is 362. The number of hydrogen-bond acceptors (Lipinski definition) is 2. The summed E-state index contributed by atoms with van der Waals surface area (Å²) < 4.78 is 26.3. The third-order valence-corrected chi connectivity index (χ3v) is 3.10. The van der Waals surface area contributed by atoms with Crippen LogP contribution in [0.15, 0.2) is 18.2 Å². The van der Waals surface area contributed by atoms with Gasteiger partial charge in [0.05, 0.1) is 0 Å². The number of halogens is 2. The van der Waals surface area contributed by atoms with Crippen molar-refractivity contribution in [2.75, 3.05) is 6.54 Å². The van der Waals surface area contributed by atoms with Gasteiger partial charge >= 0.3 is 0 Å². The zero-order valence-corrected chi connectivity index (χ0v) is 9.05. The highest BCUT2D eigenvalue weighted by atomic mass is 19.1. The van der Waals surface area contributed by atoms with Crippen LogP contribution in [0.1, 0.15) is 30.9 Å². The van der Waals surface area contributed by atoms with Gasteiger partial charge in [0.2, 0.25) is 0 Å². The van der Waals surface area contributed by atoms with E-state index < -0.39 is 17.7 Å². The molecular weight excluding hydrogens is 210 g/mol. The van der Waals surface area contributed by atoms with E-state index in [9.17, 15) is 8.78 Å². The minimum atomic E-state index is -0.565. The van der Waals surface area contributed by atoms with Crippen molar-refractivity contribution in [3.05, 3.63) is 35.4 Å². The van der Waals surface area contributed by atoms with E-state index in [0.29, 0.717) is 5.56 Å². The van der Waals surface area contributed by atoms with Crippen LogP contribution in [0, 0.1) is 11.6 Å². The molecular formula is C12H16F2N2. The van der Waals surface area contributed by atoms with Crippen molar-refractivity contribution in [1.29, 1.82) is 0 Å². The molecule has 1 aromatic rings. The first kappa shape index (κ1) is 11.5. The first-order valence-corrected chi connectivity index (χ1v) is 5.62. The summed E-state index contributed by atoms with van der Waals surface area (Å²) in [4.78, 5) is 0. The van der Waals surface area contributed by atoms with Gasteiger partial charge in [0.15, 0.2) is 0 Å². The Hall–Kier alpha value is -1.00. The van der Waals surface area contributed by atoms with Gasteiger partial charge in [0.1, 0.15) is 11.6 Å². The van der Waals surface area contributed by atoms with Crippen molar-refractivity contribution >= 4 is 0 Å². The number of rotatable bonds is 2. The fourth-order valence-corrected chi connectivity index (χ4v) is 2.17. The Balaban J connectivity index is 2.15. The zero-order chi connectivity index (χ0) is 11.5. The molecule has 4 heteroatoms. The number of piperidine rings is 1. The molecule has 3 N–H and O–H groups in total. The van der Waals surface area contributed by atoms with Gasteiger partial charge in [-0.15, -0.1) is 0 Å². The molecule has 16 heavy (non-hydrogen) atoms. The predicted octanol–water partition coefficient (Wildman–Crippen LogP) is 2.11. The molecule has 2 unspecified atom stereocenters. The lowest BCUT2D eigenvalue weighted by atomic mass is 9.93. The van der Waals surface area contributed by atoms with Crippen molar-refractivity contribution in [3.8, 4) is 0 Å². The molecule has 0 aromatic heterocycles. The van der Waals surface area contributed by atoms with E-state index in [4.69, 9.17) is 5.73 Å². The Labute approximate surface area is 93.8 Å². The summed E-state index contributed by atoms with van der Waals surface area (Å²) in [7, 11) is 0. The molecule has 0 amide bonds. The van der Waals surface area contributed by atoms with Gasteiger partial charge < -0.3 is 11.1 Å². The molecule has 0 aliphatic carbocycles. The van der Waals surface area contributed by atoms with E-state index in [-0.39, 0.29) is 6.04 Å². The molecule has 0 saturated carbocycles. The van der Waals surface area contributed by atoms with Crippen LogP contribution < -0.4 is 11.1 Å². The van der Waals surface area contributed by atoms with Gasteiger partial charge in [0.25, 0.3) is 0 Å². The second-order valence-electron chi connectivity index (χ2n) is 4.25. The van der Waals surface area contributed by atoms with Crippen molar-refractivity contribution < 1.29 is 8.78 Å². The number of nitrogens with two attached hydrogens (primary N) is 1. The molecule has 0 bridgehead atoms. The first-order chi connectivity index (χ1) is 7.68. The number of nitrogens with one attached hydrogen (secondary N) is 1. The molecule has 1 saturated heterocycles. The molecule has 1 heterocycles. The SMILES string of the molecule is NC(c1ccc(F)cc1F)C1CCCCN1. The smallest absolute Gasteiger partial charge is 0.130 e. The van der Waals surface area contributed by atoms with E-state index >= 15 is 0 Å². The molecule has 1 aromatic carbocycles. The predicted molar refractivity (Wildman–Crippen MR) is 58.9 cm³/mol. The summed E-state index contributed by atoms with van der Waals surface area (Å²) in [5.41, 5.74) is 6.39. The summed E-state index contributed by atoms with van der Waals surface area (Å²) >= 11 is 0. The summed E-state index contributed by atoms with van der Waals surface area (Å²) in [6.45, 7) is 0.918. The quantitative estimate of drug-likeness (QED) is 0.810. The largest absolute Gasteiger partial charge is 0.323 e. The Morgan fingerprint density at radius 1 is 1.31 bits per heavy atom. The van der Waals surface area contributed by atoms with E-state index in [1.165, 1.54) is 12.1 Å². The van der Waals surface area contributed by atoms with E-state index in [1.807, 2.05) is 0 Å². The molecule has 0 spiro atoms. The lowest BCUT2D eigenvalue weighted by molar-refractivity contribution is 0.348. The second kappa shape index (κ2) is 4.89. The van der Waals surface area contributed by atoms with Crippen LogP contribution in [0.5, 0.6) is 0 Å². The van der Waals surface area contributed by atoms with Crippen LogP contribution in [0.25, 0.3) is 0 Å². The van der Waals surface area contributed by atoms with Crippen LogP contribution in [0.2, 0.25) is 0 Å². The Morgan fingerprint density at radius 2 is 2.12 bits per heavy atom. The third kappa shape index (κ3) is 2.39. The van der Waals surface area contributed by atoms with Crippen LogP contribution in [-0.4, -0.2) is 12.6 Å². The minimum absolute atomic E-state index is 0.0914. The highest BCUT2D eigenvalue weighted by molar-refractivity contribution is 5.23. The van der Waals surface area contributed by atoms with Gasteiger partial charge in [0, 0.05) is 23.7 Å². The van der Waals surface area contributed by atoms with Crippen molar-refractivity contribution in [2.24, 2.45) is 5.73 Å². The molecule has 88 valence electrons. The minimum Gasteiger partial charge on any atom is -0.323 e. The molecule has 2 nitrogen and oxygen atoms in total. The van der Waals surface area contributed by atoms with E-state index in [2.05, 4.69) is 5.32 Å². The second-order valence-corrected chi connectivity index (χ2v) is 4.25. The average molecular weight is 226 g/mol. The summed E-state index contributed by atoms with van der Waals surface area (Å²) in [5.74, 6) is -1.12. The summed E-state index contributed by atoms with van der Waals surface area (Å²) in [6.07, 6.45) is 3.18. The van der Waals surface area contributed by atoms with Gasteiger partial charge in [-0.2, -0.15) is 0 Å². The summed E-state index contributed by atoms with van der Waals surface area (Å²) in [5, 5.41) is 3.27. The van der Waals surface area contributed by atoms with Crippen molar-refractivity contribution in [3.63, 3.8) is 0 Å². The maximum atomic E-state index is 13.5. The third-order valence-electron chi connectivity index (χ3n) is 3.10. The lowest BCUT2D eigenvalue weighted by Crippen LogP contribution is -2.42. The highest BCUT2D eigenvalue weighted by Crippen LogP contribution is 2.23. The summed E-state index contributed by atoms with van der Waals surface area (Å²) in [6, 6.07) is 3.26. The van der Waals surface area contributed by atoms with Crippen molar-refractivity contribution in [2.45, 2.75) is 31.3 Å². The lowest BCUT2D eigenvalue weighted by Gasteiger charge is -2.29. The molecule has 1 aliphatic heterocycles. The van der Waals surface area contributed by atoms with Crippen LogP contribution in [0.4, 0.5) is 8.78 Å². The van der Waals surface area contributed by atoms with Crippen LogP contribution >= 0.6 is 0 Å². The zero-order valence-electron chi connectivity index (χ0n) is 9.05. The normalized spacial score (nSPS) is 23.1. The topological polar surface area (TPSA) is 38.0 Å². The monoisotopic (exact) mass is 226 g/mol. The standard InChI is InChI=1S/C12H16F2N2/c13-8-4-5-9(10(14)7-8)12(15)11-3-1-2-6-16-11/h4-5,7,11-12,16H,1-3,6,15H2. The Kier molecular flexibility index (Phi) is 3.51. The number of benzene rings is 1. The van der Waals surface area contributed by atoms with Gasteiger partial charge in [-0.25, -0.2) is 8.78 Å². The molecule has 2 atom stereocenters. The maximum absolute atomic E-state index is 13.5. The van der Waals surface area contributed by atoms with Gasteiger partial charge in [-0.05, 0) is 25.5 Å². The fraction of sp³-hybridized carbons (Fsp3) is 0.500. The molecule has 1 aliphatic rings. The molecule has 2 rings (SSSR count). The van der Waals surface area contributed by atoms with Crippen LogP contribution in [-0.2, 0) is 0 Å². The van der Waals surface area contributed by atoms with E-state index in [0.717, 1.165) is 31.9 Å².